The number of rotatable bonds is 3. The summed E-state index contributed by atoms with van der Waals surface area (Å²) in [5.74, 6) is -0.0925. The molecule has 4 nitrogen and oxygen atoms in total. The zero-order valence-electron chi connectivity index (χ0n) is 16.1. The van der Waals surface area contributed by atoms with Gasteiger partial charge >= 0.3 is 0 Å². The topological polar surface area (TPSA) is 66.8 Å². The van der Waals surface area contributed by atoms with Crippen molar-refractivity contribution in [3.63, 3.8) is 0 Å². The van der Waals surface area contributed by atoms with Crippen LogP contribution in [0.15, 0.2) is 22.8 Å². The number of carbonyl (C=O) groups is 1. The highest BCUT2D eigenvalue weighted by Crippen LogP contribution is 2.54. The van der Waals surface area contributed by atoms with Gasteiger partial charge in [0, 0.05) is 18.4 Å². The summed E-state index contributed by atoms with van der Waals surface area (Å²) in [6.45, 7) is 8.51. The second kappa shape index (κ2) is 6.33. The predicted octanol–water partition coefficient (Wildman–Crippen LogP) is 3.03. The fourth-order valence-corrected chi connectivity index (χ4v) is 5.39. The van der Waals surface area contributed by atoms with Crippen molar-refractivity contribution < 1.29 is 19.7 Å². The number of hydrogen-bond donors (Lipinski definition) is 2. The molecule has 0 aromatic heterocycles. The van der Waals surface area contributed by atoms with Crippen molar-refractivity contribution in [2.45, 2.75) is 65.1 Å². The third-order valence-corrected chi connectivity index (χ3v) is 6.83. The number of hydrogen-bond acceptors (Lipinski definition) is 4. The molecule has 3 rings (SSSR count). The number of methoxy groups -OCH3 is 1. The molecule has 5 atom stereocenters. The second-order valence-electron chi connectivity index (χ2n) is 8.81. The van der Waals surface area contributed by atoms with Crippen molar-refractivity contribution in [2.24, 2.45) is 23.2 Å². The number of ether oxygens (including phenoxy) is 1. The van der Waals surface area contributed by atoms with E-state index in [0.29, 0.717) is 12.3 Å². The number of carbonyl (C=O) groups excluding carboxylic acids is 1. The lowest BCUT2D eigenvalue weighted by atomic mass is 9.69. The van der Waals surface area contributed by atoms with E-state index in [0.717, 1.165) is 30.4 Å². The molecule has 140 valence electrons. The van der Waals surface area contributed by atoms with Gasteiger partial charge in [0.05, 0.1) is 6.61 Å². The minimum absolute atomic E-state index is 0.0104. The summed E-state index contributed by atoms with van der Waals surface area (Å²) in [6.07, 6.45) is 4.32. The first-order chi connectivity index (χ1) is 11.6. The number of Topliss-reactive ketones (excluding diaryl/α,β-unsaturated/α-hetero) is 1. The van der Waals surface area contributed by atoms with Crippen LogP contribution in [0.2, 0.25) is 0 Å². The minimum Gasteiger partial charge on any atom is -0.383 e. The Kier molecular flexibility index (Phi) is 4.76. The summed E-state index contributed by atoms with van der Waals surface area (Å²) in [6, 6.07) is 0. The molecule has 0 saturated heterocycles. The lowest BCUT2D eigenvalue weighted by Crippen LogP contribution is -2.42. The Morgan fingerprint density at radius 2 is 2.04 bits per heavy atom. The van der Waals surface area contributed by atoms with Gasteiger partial charge in [-0.1, -0.05) is 39.3 Å². The average molecular weight is 348 g/mol. The maximum atomic E-state index is 13.0. The molecule has 0 aromatic rings. The van der Waals surface area contributed by atoms with Crippen LogP contribution in [-0.2, 0) is 9.53 Å². The maximum absolute atomic E-state index is 13.0. The van der Waals surface area contributed by atoms with Crippen LogP contribution in [0.5, 0.6) is 0 Å². The van der Waals surface area contributed by atoms with E-state index in [1.807, 2.05) is 6.92 Å². The van der Waals surface area contributed by atoms with Crippen LogP contribution in [0.25, 0.3) is 0 Å². The molecule has 3 aliphatic carbocycles. The van der Waals surface area contributed by atoms with E-state index in [2.05, 4.69) is 26.8 Å². The Morgan fingerprint density at radius 3 is 2.64 bits per heavy atom. The van der Waals surface area contributed by atoms with Gasteiger partial charge in [-0.05, 0) is 48.7 Å². The van der Waals surface area contributed by atoms with Gasteiger partial charge in [-0.15, -0.1) is 0 Å². The Bertz CT molecular complexity index is 632. The molecule has 0 radical (unpaired) electrons. The molecule has 1 unspecified atom stereocenters. The van der Waals surface area contributed by atoms with Crippen LogP contribution < -0.4 is 0 Å². The van der Waals surface area contributed by atoms with Crippen molar-refractivity contribution in [1.29, 1.82) is 0 Å². The van der Waals surface area contributed by atoms with E-state index in [9.17, 15) is 15.0 Å². The van der Waals surface area contributed by atoms with Gasteiger partial charge in [-0.25, -0.2) is 0 Å². The van der Waals surface area contributed by atoms with Gasteiger partial charge in [-0.2, -0.15) is 0 Å². The lowest BCUT2D eigenvalue weighted by molar-refractivity contribution is -0.130. The summed E-state index contributed by atoms with van der Waals surface area (Å²) in [4.78, 5) is 13.0. The highest BCUT2D eigenvalue weighted by molar-refractivity contribution is 5.89. The smallest absolute Gasteiger partial charge is 0.168 e. The van der Waals surface area contributed by atoms with Gasteiger partial charge in [0.2, 0.25) is 0 Å². The van der Waals surface area contributed by atoms with Crippen LogP contribution in [0.1, 0.15) is 53.4 Å². The highest BCUT2D eigenvalue weighted by Gasteiger charge is 2.52. The fraction of sp³-hybridized carbons (Fsp3) is 0.762. The Labute approximate surface area is 151 Å². The molecule has 0 aromatic carbocycles. The fourth-order valence-electron chi connectivity index (χ4n) is 5.39. The Morgan fingerprint density at radius 1 is 1.36 bits per heavy atom. The summed E-state index contributed by atoms with van der Waals surface area (Å²) in [5.41, 5.74) is 1.68. The zero-order valence-corrected chi connectivity index (χ0v) is 16.1. The van der Waals surface area contributed by atoms with Crippen LogP contribution in [-0.4, -0.2) is 41.4 Å². The number of aliphatic hydroxyl groups is 2. The lowest BCUT2D eigenvalue weighted by Gasteiger charge is -2.38. The van der Waals surface area contributed by atoms with Crippen LogP contribution in [0.3, 0.4) is 0 Å². The molecule has 0 heterocycles. The molecular formula is C21H32O4. The number of aliphatic hydroxyl groups excluding tert-OH is 1. The van der Waals surface area contributed by atoms with Crippen LogP contribution in [0, 0.1) is 23.2 Å². The molecule has 3 aliphatic rings. The first kappa shape index (κ1) is 18.8. The molecule has 4 heteroatoms. The Balaban J connectivity index is 2.20. The predicted molar refractivity (Wildman–Crippen MR) is 97.0 cm³/mol. The van der Waals surface area contributed by atoms with Crippen LogP contribution in [0.4, 0.5) is 0 Å². The van der Waals surface area contributed by atoms with Crippen molar-refractivity contribution in [3.05, 3.63) is 22.8 Å². The van der Waals surface area contributed by atoms with Gasteiger partial charge in [-0.3, -0.25) is 4.79 Å². The summed E-state index contributed by atoms with van der Waals surface area (Å²) in [5, 5.41) is 22.1. The second-order valence-corrected chi connectivity index (χ2v) is 8.81. The molecule has 0 aliphatic heterocycles. The Hall–Kier alpha value is -0.970. The standard InChI is InChI=1S/C21H32O4/c1-12(2)14-6-8-20(4)10-16-15(7-9-21(16,24)11-25-5)13(3)18(22)19(23)17(14)20/h10,12-13,15,19,23-24H,6-9,11H2,1-5H3/b16-10+/t13-,15+,19-,20?,21+/m1/s1. The van der Waals surface area contributed by atoms with E-state index >= 15 is 0 Å². The van der Waals surface area contributed by atoms with Gasteiger partial charge < -0.3 is 14.9 Å². The zero-order chi connectivity index (χ0) is 18.6. The van der Waals surface area contributed by atoms with Crippen LogP contribution >= 0.6 is 0 Å². The van der Waals surface area contributed by atoms with E-state index < -0.39 is 11.7 Å². The molecule has 0 bridgehead atoms. The average Bonchev–Trinajstić information content (AvgIpc) is 3.04. The van der Waals surface area contributed by atoms with Crippen molar-refractivity contribution in [2.75, 3.05) is 13.7 Å². The van der Waals surface area contributed by atoms with Crippen molar-refractivity contribution in [1.82, 2.24) is 0 Å². The molecule has 0 amide bonds. The van der Waals surface area contributed by atoms with Crippen molar-refractivity contribution in [3.8, 4) is 0 Å². The van der Waals surface area contributed by atoms with Gasteiger partial charge in [0.25, 0.3) is 0 Å². The quantitative estimate of drug-likeness (QED) is 0.770. The highest BCUT2D eigenvalue weighted by atomic mass is 16.5. The molecule has 1 fully saturated rings. The first-order valence-electron chi connectivity index (χ1n) is 9.54. The molecule has 0 spiro atoms. The van der Waals surface area contributed by atoms with Gasteiger partial charge in [0.1, 0.15) is 11.7 Å². The number of allylic oxidation sites excluding steroid dienone is 2. The molecule has 25 heavy (non-hydrogen) atoms. The molecule has 1 saturated carbocycles. The first-order valence-corrected chi connectivity index (χ1v) is 9.54. The maximum Gasteiger partial charge on any atom is 0.168 e. The monoisotopic (exact) mass is 348 g/mol. The van der Waals surface area contributed by atoms with E-state index in [1.54, 1.807) is 7.11 Å². The third-order valence-electron chi connectivity index (χ3n) is 6.83. The van der Waals surface area contributed by atoms with E-state index in [4.69, 9.17) is 4.74 Å². The summed E-state index contributed by atoms with van der Waals surface area (Å²) in [7, 11) is 1.60. The number of fused-ring (bicyclic) bond motifs is 2. The normalized spacial score (nSPS) is 43.6. The minimum atomic E-state index is -1.02. The molecular weight excluding hydrogens is 316 g/mol. The van der Waals surface area contributed by atoms with E-state index in [-0.39, 0.29) is 29.6 Å². The summed E-state index contributed by atoms with van der Waals surface area (Å²) < 4.78 is 5.30. The molecule has 2 N–H and O–H groups in total. The van der Waals surface area contributed by atoms with Crippen molar-refractivity contribution >= 4 is 5.78 Å². The summed E-state index contributed by atoms with van der Waals surface area (Å²) >= 11 is 0. The SMILES string of the molecule is COC[C@@]1(O)CC[C@@H]2/C1=C\C1(C)CCC(C(C)C)=C1[C@@H](O)C(=O)[C@@H]2C. The number of ketones is 1. The largest absolute Gasteiger partial charge is 0.383 e. The third kappa shape index (κ3) is 2.83. The van der Waals surface area contributed by atoms with Gasteiger partial charge in [0.15, 0.2) is 5.78 Å². The van der Waals surface area contributed by atoms with E-state index in [1.165, 1.54) is 5.57 Å².